The highest BCUT2D eigenvalue weighted by Gasteiger charge is 2.51. The fourth-order valence-electron chi connectivity index (χ4n) is 2.63. The van der Waals surface area contributed by atoms with Crippen molar-refractivity contribution >= 4 is 5.71 Å². The van der Waals surface area contributed by atoms with E-state index < -0.39 is 0 Å². The number of hydroxylamine groups is 2. The lowest BCUT2D eigenvalue weighted by Crippen LogP contribution is -2.65. The van der Waals surface area contributed by atoms with Crippen molar-refractivity contribution in [3.05, 3.63) is 0 Å². The average Bonchev–Trinajstić information content (AvgIpc) is 2.31. The number of hydrogen-bond donors (Lipinski definition) is 2. The zero-order chi connectivity index (χ0) is 12.6. The first kappa shape index (κ1) is 13.5. The molecular weight excluding hydrogens is 204 g/mol. The summed E-state index contributed by atoms with van der Waals surface area (Å²) in [4.78, 5) is 0. The summed E-state index contributed by atoms with van der Waals surface area (Å²) in [5, 5.41) is 24.4. The molecular formula is C12H24N2O2. The Morgan fingerprint density at radius 2 is 1.94 bits per heavy atom. The monoisotopic (exact) mass is 228 g/mol. The predicted molar refractivity (Wildman–Crippen MR) is 64.0 cm³/mol. The van der Waals surface area contributed by atoms with Crippen molar-refractivity contribution in [1.29, 1.82) is 0 Å². The van der Waals surface area contributed by atoms with E-state index in [0.717, 1.165) is 18.6 Å². The molecule has 1 heterocycles. The quantitative estimate of drug-likeness (QED) is 0.564. The second kappa shape index (κ2) is 4.34. The average molecular weight is 228 g/mol. The Balaban J connectivity index is 3.18. The predicted octanol–water partition coefficient (Wildman–Crippen LogP) is 2.89. The van der Waals surface area contributed by atoms with Gasteiger partial charge in [-0.25, -0.2) is 0 Å². The van der Waals surface area contributed by atoms with Crippen molar-refractivity contribution in [1.82, 2.24) is 5.06 Å². The Hall–Kier alpha value is -0.610. The molecule has 1 rings (SSSR count). The van der Waals surface area contributed by atoms with Crippen LogP contribution in [0.3, 0.4) is 0 Å². The number of piperidine rings is 1. The van der Waals surface area contributed by atoms with Crippen molar-refractivity contribution in [2.75, 3.05) is 0 Å². The summed E-state index contributed by atoms with van der Waals surface area (Å²) in [7, 11) is 0. The summed E-state index contributed by atoms with van der Waals surface area (Å²) in [5.41, 5.74) is 0.0997. The zero-order valence-electron chi connectivity index (χ0n) is 11.0. The fourth-order valence-corrected chi connectivity index (χ4v) is 2.63. The van der Waals surface area contributed by atoms with Gasteiger partial charge >= 0.3 is 0 Å². The van der Waals surface area contributed by atoms with Gasteiger partial charge in [0.05, 0.1) is 11.3 Å². The van der Waals surface area contributed by atoms with Gasteiger partial charge < -0.3 is 10.4 Å². The zero-order valence-corrected chi connectivity index (χ0v) is 11.0. The molecule has 94 valence electrons. The van der Waals surface area contributed by atoms with Crippen molar-refractivity contribution in [3.8, 4) is 0 Å². The summed E-state index contributed by atoms with van der Waals surface area (Å²) in [6, 6.07) is 0. The third-order valence-corrected chi connectivity index (χ3v) is 4.60. The van der Waals surface area contributed by atoms with Crippen LogP contribution < -0.4 is 0 Å². The van der Waals surface area contributed by atoms with Gasteiger partial charge in [-0.3, -0.25) is 0 Å². The Morgan fingerprint density at radius 1 is 1.38 bits per heavy atom. The van der Waals surface area contributed by atoms with Crippen LogP contribution in [0.4, 0.5) is 0 Å². The van der Waals surface area contributed by atoms with Crippen LogP contribution in [-0.2, 0) is 0 Å². The van der Waals surface area contributed by atoms with Gasteiger partial charge in [-0.15, -0.1) is 0 Å². The number of oxime groups is 1. The Bertz CT molecular complexity index is 293. The minimum atomic E-state index is -0.357. The molecule has 1 saturated heterocycles. The Labute approximate surface area is 97.9 Å². The van der Waals surface area contributed by atoms with Crippen LogP contribution in [0.15, 0.2) is 5.16 Å². The first-order valence-electron chi connectivity index (χ1n) is 6.05. The highest BCUT2D eigenvalue weighted by molar-refractivity contribution is 5.89. The van der Waals surface area contributed by atoms with E-state index in [1.165, 1.54) is 5.06 Å². The van der Waals surface area contributed by atoms with Crippen molar-refractivity contribution in [2.45, 2.75) is 65.0 Å². The van der Waals surface area contributed by atoms with Crippen molar-refractivity contribution in [2.24, 2.45) is 11.1 Å². The third-order valence-electron chi connectivity index (χ3n) is 4.60. The molecule has 16 heavy (non-hydrogen) atoms. The van der Waals surface area contributed by atoms with E-state index in [-0.39, 0.29) is 17.0 Å². The molecule has 0 saturated carbocycles. The van der Waals surface area contributed by atoms with Gasteiger partial charge in [-0.2, -0.15) is 5.06 Å². The van der Waals surface area contributed by atoms with E-state index in [4.69, 9.17) is 5.21 Å². The van der Waals surface area contributed by atoms with Gasteiger partial charge in [0.1, 0.15) is 0 Å². The maximum Gasteiger partial charge on any atom is 0.0637 e. The van der Waals surface area contributed by atoms with Gasteiger partial charge in [0.15, 0.2) is 0 Å². The SMILES string of the molecule is CCC1(C)CC(=NO)C(C)C(C)(CC)N1O. The summed E-state index contributed by atoms with van der Waals surface area (Å²) in [6.07, 6.45) is 2.26. The lowest BCUT2D eigenvalue weighted by molar-refractivity contribution is -0.249. The van der Waals surface area contributed by atoms with Crippen LogP contribution in [0.1, 0.15) is 53.9 Å². The van der Waals surface area contributed by atoms with Crippen LogP contribution in [-0.4, -0.2) is 32.3 Å². The van der Waals surface area contributed by atoms with E-state index in [0.29, 0.717) is 6.42 Å². The van der Waals surface area contributed by atoms with Crippen molar-refractivity contribution < 1.29 is 10.4 Å². The minimum Gasteiger partial charge on any atom is -0.411 e. The second-order valence-corrected chi connectivity index (χ2v) is 5.36. The molecule has 0 radical (unpaired) electrons. The van der Waals surface area contributed by atoms with E-state index >= 15 is 0 Å². The summed E-state index contributed by atoms with van der Waals surface area (Å²) < 4.78 is 0. The van der Waals surface area contributed by atoms with Crippen LogP contribution in [0.2, 0.25) is 0 Å². The second-order valence-electron chi connectivity index (χ2n) is 5.36. The molecule has 0 aromatic heterocycles. The molecule has 0 spiro atoms. The molecule has 1 aliphatic heterocycles. The molecule has 0 aliphatic carbocycles. The Kier molecular flexibility index (Phi) is 3.65. The summed E-state index contributed by atoms with van der Waals surface area (Å²) >= 11 is 0. The van der Waals surface area contributed by atoms with Crippen molar-refractivity contribution in [3.63, 3.8) is 0 Å². The molecule has 3 atom stereocenters. The largest absolute Gasteiger partial charge is 0.411 e. The highest BCUT2D eigenvalue weighted by atomic mass is 16.5. The van der Waals surface area contributed by atoms with Gasteiger partial charge in [0.25, 0.3) is 0 Å². The van der Waals surface area contributed by atoms with Gasteiger partial charge in [-0.1, -0.05) is 25.9 Å². The molecule has 4 heteroatoms. The molecule has 0 bridgehead atoms. The molecule has 3 unspecified atom stereocenters. The number of nitrogens with zero attached hydrogens (tertiary/aromatic N) is 2. The first-order chi connectivity index (χ1) is 7.35. The molecule has 1 fully saturated rings. The molecule has 0 aromatic rings. The highest BCUT2D eigenvalue weighted by Crippen LogP contribution is 2.42. The Morgan fingerprint density at radius 3 is 2.31 bits per heavy atom. The topological polar surface area (TPSA) is 56.1 Å². The van der Waals surface area contributed by atoms with Gasteiger partial charge in [-0.05, 0) is 26.7 Å². The van der Waals surface area contributed by atoms with E-state index in [2.05, 4.69) is 12.1 Å². The number of hydrogen-bond acceptors (Lipinski definition) is 4. The maximum absolute atomic E-state index is 10.4. The summed E-state index contributed by atoms with van der Waals surface area (Å²) in [6.45, 7) is 10.1. The number of rotatable bonds is 2. The molecule has 0 aromatic carbocycles. The lowest BCUT2D eigenvalue weighted by Gasteiger charge is -2.54. The molecule has 1 aliphatic rings. The van der Waals surface area contributed by atoms with E-state index in [1.807, 2.05) is 27.7 Å². The van der Waals surface area contributed by atoms with Crippen LogP contribution in [0.25, 0.3) is 0 Å². The van der Waals surface area contributed by atoms with Gasteiger partial charge in [0, 0.05) is 17.9 Å². The van der Waals surface area contributed by atoms with E-state index in [9.17, 15) is 5.21 Å². The van der Waals surface area contributed by atoms with Gasteiger partial charge in [0.2, 0.25) is 0 Å². The molecule has 4 nitrogen and oxygen atoms in total. The van der Waals surface area contributed by atoms with Crippen LogP contribution in [0, 0.1) is 5.92 Å². The minimum absolute atomic E-state index is 0.0622. The maximum atomic E-state index is 10.4. The smallest absolute Gasteiger partial charge is 0.0637 e. The normalized spacial score (nSPS) is 43.9. The van der Waals surface area contributed by atoms with E-state index in [1.54, 1.807) is 0 Å². The molecule has 2 N–H and O–H groups in total. The fraction of sp³-hybridized carbons (Fsp3) is 0.917. The molecule has 0 amide bonds. The third kappa shape index (κ3) is 1.74. The van der Waals surface area contributed by atoms with Crippen LogP contribution >= 0.6 is 0 Å². The van der Waals surface area contributed by atoms with Crippen LogP contribution in [0.5, 0.6) is 0 Å². The summed E-state index contributed by atoms with van der Waals surface area (Å²) in [5.74, 6) is 0.0622. The standard InChI is InChI=1S/C12H24N2O2/c1-6-11(4)8-10(13-15)9(3)12(5,7-2)14(11)16/h9,15-16H,6-8H2,1-5H3. The lowest BCUT2D eigenvalue weighted by atomic mass is 9.70. The first-order valence-corrected chi connectivity index (χ1v) is 6.05.